The predicted octanol–water partition coefficient (Wildman–Crippen LogP) is 2.83. The summed E-state index contributed by atoms with van der Waals surface area (Å²) in [6.45, 7) is 0.993. The summed E-state index contributed by atoms with van der Waals surface area (Å²) < 4.78 is 56.8. The van der Waals surface area contributed by atoms with E-state index in [0.717, 1.165) is 21.4 Å². The number of H-pyrrole nitrogens is 1. The fraction of sp³-hybridized carbons (Fsp3) is 0.429. The number of nitrogens with zero attached hydrogens (tertiary/aromatic N) is 4. The largest absolute Gasteiger partial charge is 0.465 e. The molecule has 0 spiro atoms. The van der Waals surface area contributed by atoms with Gasteiger partial charge in [-0.3, -0.25) is 9.65 Å². The van der Waals surface area contributed by atoms with E-state index in [1.165, 1.54) is 0 Å². The summed E-state index contributed by atoms with van der Waals surface area (Å²) >= 11 is 0. The quantitative estimate of drug-likeness (QED) is 0.377. The van der Waals surface area contributed by atoms with Crippen molar-refractivity contribution in [3.63, 3.8) is 0 Å². The van der Waals surface area contributed by atoms with Crippen LogP contribution in [0.25, 0.3) is 11.0 Å². The molecule has 1 unspecified atom stereocenters. The summed E-state index contributed by atoms with van der Waals surface area (Å²) in [7, 11) is -3.67. The lowest BCUT2D eigenvalue weighted by molar-refractivity contribution is -0.157. The van der Waals surface area contributed by atoms with E-state index in [1.54, 1.807) is 12.4 Å². The van der Waals surface area contributed by atoms with Crippen molar-refractivity contribution in [1.29, 1.82) is 0 Å². The van der Waals surface area contributed by atoms with Gasteiger partial charge in [-0.1, -0.05) is 24.3 Å². The molecule has 2 aromatic heterocycles. The van der Waals surface area contributed by atoms with Gasteiger partial charge >= 0.3 is 6.09 Å². The van der Waals surface area contributed by atoms with E-state index >= 15 is 8.78 Å². The number of aryl methyl sites for hydroxylation is 1. The summed E-state index contributed by atoms with van der Waals surface area (Å²) in [5.74, 6) is -3.02. The second-order valence-corrected chi connectivity index (χ2v) is 9.96. The summed E-state index contributed by atoms with van der Waals surface area (Å²) in [4.78, 5) is 20.5. The van der Waals surface area contributed by atoms with Crippen LogP contribution in [0.4, 0.5) is 19.5 Å². The Balaban J connectivity index is 0.000000623. The minimum absolute atomic E-state index is 0.0138. The highest BCUT2D eigenvalue weighted by Crippen LogP contribution is 2.46. The molecule has 0 saturated carbocycles. The molecule has 1 aliphatic rings. The van der Waals surface area contributed by atoms with Crippen LogP contribution >= 0.6 is 0 Å². The number of alkyl halides is 2. The average molecular weight is 513 g/mol. The van der Waals surface area contributed by atoms with Gasteiger partial charge < -0.3 is 15.3 Å². The number of rotatable bonds is 5. The SMILES string of the molecule is CS(=O)(=O)O.Cc1ccccc1CC1(CNc2ncc3cn[nH]c3n2)CCN(C(=O)O)CC1(F)F. The number of halogens is 2. The zero-order valence-corrected chi connectivity index (χ0v) is 19.9. The number of aromatic amines is 1. The van der Waals surface area contributed by atoms with Crippen molar-refractivity contribution in [2.24, 2.45) is 5.41 Å². The first-order valence-electron chi connectivity index (χ1n) is 10.5. The van der Waals surface area contributed by atoms with Crippen LogP contribution in [0.2, 0.25) is 0 Å². The van der Waals surface area contributed by atoms with Gasteiger partial charge in [-0.25, -0.2) is 18.6 Å². The summed E-state index contributed by atoms with van der Waals surface area (Å²) in [6, 6.07) is 7.41. The number of carbonyl (C=O) groups is 1. The van der Waals surface area contributed by atoms with Crippen LogP contribution in [-0.4, -0.2) is 81.0 Å². The van der Waals surface area contributed by atoms with E-state index in [-0.39, 0.29) is 31.9 Å². The highest BCUT2D eigenvalue weighted by molar-refractivity contribution is 7.85. The molecule has 3 heterocycles. The number of nitrogens with one attached hydrogen (secondary N) is 2. The molecule has 1 aromatic carbocycles. The van der Waals surface area contributed by atoms with Crippen LogP contribution in [0.1, 0.15) is 17.5 Å². The van der Waals surface area contributed by atoms with Crippen molar-refractivity contribution >= 4 is 33.2 Å². The molecule has 11 nitrogen and oxygen atoms in total. The van der Waals surface area contributed by atoms with Crippen molar-refractivity contribution in [3.05, 3.63) is 47.8 Å². The first-order valence-corrected chi connectivity index (χ1v) is 12.4. The van der Waals surface area contributed by atoms with Gasteiger partial charge in [0.15, 0.2) is 5.65 Å². The lowest BCUT2D eigenvalue weighted by Gasteiger charge is -2.47. The van der Waals surface area contributed by atoms with Gasteiger partial charge in [-0.15, -0.1) is 0 Å². The topological polar surface area (TPSA) is 161 Å². The van der Waals surface area contributed by atoms with Gasteiger partial charge in [-0.05, 0) is 30.9 Å². The minimum atomic E-state index is -3.67. The molecule has 0 radical (unpaired) electrons. The summed E-state index contributed by atoms with van der Waals surface area (Å²) in [6.07, 6.45) is 2.65. The molecular weight excluding hydrogens is 486 g/mol. The smallest absolute Gasteiger partial charge is 0.407 e. The van der Waals surface area contributed by atoms with Crippen molar-refractivity contribution in [3.8, 4) is 0 Å². The first-order chi connectivity index (χ1) is 16.3. The van der Waals surface area contributed by atoms with Crippen molar-refractivity contribution < 1.29 is 31.7 Å². The average Bonchev–Trinajstić information content (AvgIpc) is 3.22. The number of carboxylic acid groups (broad SMARTS) is 1. The normalized spacial score (nSPS) is 19.6. The Bertz CT molecular complexity index is 1290. The maximum atomic E-state index is 15.5. The lowest BCUT2D eigenvalue weighted by Crippen LogP contribution is -2.60. The maximum absolute atomic E-state index is 15.5. The zero-order chi connectivity index (χ0) is 25.9. The van der Waals surface area contributed by atoms with Gasteiger partial charge in [0.05, 0.1) is 29.8 Å². The van der Waals surface area contributed by atoms with Crippen LogP contribution in [0.5, 0.6) is 0 Å². The molecule has 0 aliphatic carbocycles. The number of piperidine rings is 1. The van der Waals surface area contributed by atoms with Crippen molar-refractivity contribution in [2.75, 3.05) is 31.2 Å². The molecule has 190 valence electrons. The number of hydrogen-bond donors (Lipinski definition) is 4. The highest BCUT2D eigenvalue weighted by atomic mass is 32.2. The molecule has 35 heavy (non-hydrogen) atoms. The Morgan fingerprint density at radius 2 is 1.97 bits per heavy atom. The van der Waals surface area contributed by atoms with Crippen LogP contribution < -0.4 is 5.32 Å². The molecule has 0 bridgehead atoms. The number of aromatic nitrogens is 4. The van der Waals surface area contributed by atoms with E-state index in [9.17, 15) is 18.3 Å². The molecule has 4 rings (SSSR count). The molecule has 4 N–H and O–H groups in total. The maximum Gasteiger partial charge on any atom is 0.407 e. The van der Waals surface area contributed by atoms with E-state index in [4.69, 9.17) is 4.55 Å². The number of anilines is 1. The Morgan fingerprint density at radius 3 is 2.60 bits per heavy atom. The van der Waals surface area contributed by atoms with Crippen molar-refractivity contribution in [2.45, 2.75) is 25.7 Å². The number of fused-ring (bicyclic) bond motifs is 1. The van der Waals surface area contributed by atoms with Crippen LogP contribution in [0, 0.1) is 12.3 Å². The third-order valence-electron chi connectivity index (χ3n) is 5.86. The number of benzene rings is 1. The standard InChI is InChI=1S/C20H22F2N6O2.CH4O3S/c1-13-4-2-3-5-14(13)8-19(6-7-28(18(29)30)12-20(19,21)22)11-24-17-23-9-15-10-25-27-16(15)26-17;1-5(2,3)4/h2-5,9-10H,6-8,11-12H2,1H3,(H,29,30)(H2,23,24,25,26,27);1H3,(H,2,3,4). The molecule has 1 fully saturated rings. The number of likely N-dealkylation sites (tertiary alicyclic amines) is 1. The molecular formula is C21H26F2N6O5S. The monoisotopic (exact) mass is 512 g/mol. The van der Waals surface area contributed by atoms with E-state index < -0.39 is 34.1 Å². The Labute approximate surface area is 200 Å². The van der Waals surface area contributed by atoms with E-state index in [1.807, 2.05) is 31.2 Å². The predicted molar refractivity (Wildman–Crippen MR) is 124 cm³/mol. The van der Waals surface area contributed by atoms with Gasteiger partial charge in [-0.2, -0.15) is 18.5 Å². The fourth-order valence-electron chi connectivity index (χ4n) is 3.92. The molecule has 1 amide bonds. The second-order valence-electron chi connectivity index (χ2n) is 8.50. The van der Waals surface area contributed by atoms with Gasteiger partial charge in [0.2, 0.25) is 5.95 Å². The Morgan fingerprint density at radius 1 is 1.29 bits per heavy atom. The third-order valence-corrected chi connectivity index (χ3v) is 5.86. The van der Waals surface area contributed by atoms with Gasteiger partial charge in [0.25, 0.3) is 16.0 Å². The zero-order valence-electron chi connectivity index (χ0n) is 19.1. The minimum Gasteiger partial charge on any atom is -0.465 e. The van der Waals surface area contributed by atoms with Crippen molar-refractivity contribution in [1.82, 2.24) is 25.1 Å². The molecule has 14 heteroatoms. The molecule has 3 aromatic rings. The van der Waals surface area contributed by atoms with Gasteiger partial charge in [0, 0.05) is 19.3 Å². The fourth-order valence-corrected chi connectivity index (χ4v) is 3.92. The summed E-state index contributed by atoms with van der Waals surface area (Å²) in [5.41, 5.74) is 0.751. The van der Waals surface area contributed by atoms with Gasteiger partial charge in [0.1, 0.15) is 0 Å². The lowest BCUT2D eigenvalue weighted by atomic mass is 9.70. The van der Waals surface area contributed by atoms with E-state index in [2.05, 4.69) is 25.5 Å². The van der Waals surface area contributed by atoms with Crippen LogP contribution in [0.15, 0.2) is 36.7 Å². The molecule has 1 atom stereocenters. The first kappa shape index (κ1) is 26.2. The van der Waals surface area contributed by atoms with E-state index in [0.29, 0.717) is 11.9 Å². The number of amides is 1. The third kappa shape index (κ3) is 6.60. The highest BCUT2D eigenvalue weighted by Gasteiger charge is 2.57. The Hall–Kier alpha value is -3.39. The molecule has 1 aliphatic heterocycles. The van der Waals surface area contributed by atoms with Crippen LogP contribution in [0.3, 0.4) is 0 Å². The second kappa shape index (κ2) is 10.1. The summed E-state index contributed by atoms with van der Waals surface area (Å²) in [5, 5.41) is 19.5. The van der Waals surface area contributed by atoms with Crippen LogP contribution in [-0.2, 0) is 16.5 Å². The molecule has 1 saturated heterocycles. The Kier molecular flexibility index (Phi) is 7.55. The number of hydrogen-bond acceptors (Lipinski definition) is 7.